The Hall–Kier alpha value is -1.49. The number of hydrogen-bond donors (Lipinski definition) is 1. The molecule has 5 heteroatoms. The molecular formula is C16H28N4O. The minimum absolute atomic E-state index is 0.738. The molecule has 1 saturated heterocycles. The average molecular weight is 292 g/mol. The van der Waals surface area contributed by atoms with Crippen LogP contribution in [0.2, 0.25) is 0 Å². The quantitative estimate of drug-likeness (QED) is 0.662. The third-order valence-electron chi connectivity index (χ3n) is 3.74. The lowest BCUT2D eigenvalue weighted by Crippen LogP contribution is -2.53. The zero-order valence-corrected chi connectivity index (χ0v) is 13.5. The Kier molecular flexibility index (Phi) is 6.11. The molecule has 0 saturated carbocycles. The fourth-order valence-corrected chi connectivity index (χ4v) is 2.74. The summed E-state index contributed by atoms with van der Waals surface area (Å²) >= 11 is 0. The number of rotatable bonds is 5. The molecule has 0 aliphatic carbocycles. The molecule has 21 heavy (non-hydrogen) atoms. The van der Waals surface area contributed by atoms with Crippen molar-refractivity contribution in [2.75, 3.05) is 46.3 Å². The topological polar surface area (TPSA) is 44.0 Å². The van der Waals surface area contributed by atoms with Crippen molar-refractivity contribution in [3.05, 3.63) is 24.2 Å². The molecule has 1 aliphatic rings. The van der Waals surface area contributed by atoms with Crippen molar-refractivity contribution in [2.24, 2.45) is 10.9 Å². The molecule has 118 valence electrons. The van der Waals surface area contributed by atoms with E-state index in [4.69, 9.17) is 4.42 Å². The van der Waals surface area contributed by atoms with Gasteiger partial charge in [-0.1, -0.05) is 13.8 Å². The Labute approximate surface area is 128 Å². The van der Waals surface area contributed by atoms with Gasteiger partial charge in [-0.2, -0.15) is 0 Å². The predicted octanol–water partition coefficient (Wildman–Crippen LogP) is 1.67. The van der Waals surface area contributed by atoms with Crippen molar-refractivity contribution in [3.8, 4) is 0 Å². The highest BCUT2D eigenvalue weighted by Crippen LogP contribution is 2.06. The zero-order valence-electron chi connectivity index (χ0n) is 13.5. The van der Waals surface area contributed by atoms with Crippen LogP contribution >= 0.6 is 0 Å². The van der Waals surface area contributed by atoms with Gasteiger partial charge in [0, 0.05) is 52.7 Å². The van der Waals surface area contributed by atoms with Gasteiger partial charge in [0.25, 0.3) is 0 Å². The van der Waals surface area contributed by atoms with Gasteiger partial charge in [-0.05, 0) is 18.1 Å². The summed E-state index contributed by atoms with van der Waals surface area (Å²) in [6.45, 7) is 10.9. The summed E-state index contributed by atoms with van der Waals surface area (Å²) in [5.41, 5.74) is 0. The van der Waals surface area contributed by atoms with Gasteiger partial charge in [0.15, 0.2) is 5.96 Å². The van der Waals surface area contributed by atoms with E-state index in [-0.39, 0.29) is 0 Å². The Bertz CT molecular complexity index is 419. The predicted molar refractivity (Wildman–Crippen MR) is 86.6 cm³/mol. The largest absolute Gasteiger partial charge is 0.469 e. The molecule has 2 heterocycles. The number of furan rings is 1. The molecule has 0 unspecified atom stereocenters. The second-order valence-corrected chi connectivity index (χ2v) is 5.98. The first-order chi connectivity index (χ1) is 10.2. The third-order valence-corrected chi connectivity index (χ3v) is 3.74. The lowest BCUT2D eigenvalue weighted by atomic mass is 10.2. The molecule has 0 amide bonds. The summed E-state index contributed by atoms with van der Waals surface area (Å²) < 4.78 is 5.35. The third kappa shape index (κ3) is 5.08. The summed E-state index contributed by atoms with van der Waals surface area (Å²) in [4.78, 5) is 9.28. The molecule has 2 rings (SSSR count). The van der Waals surface area contributed by atoms with E-state index < -0.39 is 0 Å². The summed E-state index contributed by atoms with van der Waals surface area (Å²) in [7, 11) is 1.86. The molecular weight excluding hydrogens is 264 g/mol. The number of nitrogens with one attached hydrogen (secondary N) is 1. The molecule has 1 N–H and O–H groups in total. The van der Waals surface area contributed by atoms with E-state index >= 15 is 0 Å². The number of nitrogens with zero attached hydrogens (tertiary/aromatic N) is 3. The van der Waals surface area contributed by atoms with Gasteiger partial charge in [-0.15, -0.1) is 0 Å². The van der Waals surface area contributed by atoms with Crippen LogP contribution < -0.4 is 5.32 Å². The van der Waals surface area contributed by atoms with E-state index in [1.807, 2.05) is 19.2 Å². The van der Waals surface area contributed by atoms with Crippen LogP contribution in [-0.2, 0) is 6.42 Å². The van der Waals surface area contributed by atoms with Crippen LogP contribution in [0.25, 0.3) is 0 Å². The van der Waals surface area contributed by atoms with Crippen molar-refractivity contribution in [2.45, 2.75) is 20.3 Å². The maximum absolute atomic E-state index is 5.35. The normalized spacial score (nSPS) is 17.5. The van der Waals surface area contributed by atoms with Crippen molar-refractivity contribution < 1.29 is 4.42 Å². The molecule has 0 radical (unpaired) electrons. The molecule has 1 aliphatic heterocycles. The minimum atomic E-state index is 0.738. The van der Waals surface area contributed by atoms with E-state index in [1.54, 1.807) is 6.26 Å². The van der Waals surface area contributed by atoms with Crippen molar-refractivity contribution in [3.63, 3.8) is 0 Å². The summed E-state index contributed by atoms with van der Waals surface area (Å²) in [5.74, 6) is 2.76. The van der Waals surface area contributed by atoms with Crippen molar-refractivity contribution >= 4 is 5.96 Å². The number of piperazine rings is 1. The van der Waals surface area contributed by atoms with E-state index in [0.717, 1.165) is 56.8 Å². The van der Waals surface area contributed by atoms with Gasteiger partial charge in [-0.3, -0.25) is 9.89 Å². The molecule has 1 fully saturated rings. The Morgan fingerprint density at radius 1 is 1.33 bits per heavy atom. The van der Waals surface area contributed by atoms with Gasteiger partial charge in [0.05, 0.1) is 6.26 Å². The summed E-state index contributed by atoms with van der Waals surface area (Å²) in [5, 5.41) is 3.43. The van der Waals surface area contributed by atoms with Crippen LogP contribution in [0, 0.1) is 5.92 Å². The standard InChI is InChI=1S/C16H28N4O/c1-14(2)13-19-8-10-20(11-9-19)16(17-3)18-7-6-15-5-4-12-21-15/h4-5,12,14H,6-11,13H2,1-3H3,(H,17,18). The summed E-state index contributed by atoms with van der Waals surface area (Å²) in [6, 6.07) is 3.94. The van der Waals surface area contributed by atoms with Crippen LogP contribution in [0.15, 0.2) is 27.8 Å². The van der Waals surface area contributed by atoms with Gasteiger partial charge in [0.2, 0.25) is 0 Å². The lowest BCUT2D eigenvalue weighted by Gasteiger charge is -2.37. The maximum Gasteiger partial charge on any atom is 0.193 e. The van der Waals surface area contributed by atoms with Crippen LogP contribution in [0.3, 0.4) is 0 Å². The van der Waals surface area contributed by atoms with Crippen LogP contribution in [-0.4, -0.2) is 62.1 Å². The van der Waals surface area contributed by atoms with Crippen molar-refractivity contribution in [1.82, 2.24) is 15.1 Å². The van der Waals surface area contributed by atoms with Crippen LogP contribution in [0.1, 0.15) is 19.6 Å². The number of guanidine groups is 1. The van der Waals surface area contributed by atoms with Gasteiger partial charge in [-0.25, -0.2) is 0 Å². The monoisotopic (exact) mass is 292 g/mol. The van der Waals surface area contributed by atoms with Gasteiger partial charge < -0.3 is 14.6 Å². The molecule has 0 spiro atoms. The Morgan fingerprint density at radius 3 is 2.67 bits per heavy atom. The molecule has 1 aromatic rings. The highest BCUT2D eigenvalue weighted by atomic mass is 16.3. The average Bonchev–Trinajstić information content (AvgIpc) is 2.97. The second kappa shape index (κ2) is 8.08. The van der Waals surface area contributed by atoms with E-state index in [0.29, 0.717) is 0 Å². The minimum Gasteiger partial charge on any atom is -0.469 e. The number of aliphatic imine (C=N–C) groups is 1. The first kappa shape index (κ1) is 15.9. The maximum atomic E-state index is 5.35. The van der Waals surface area contributed by atoms with Crippen molar-refractivity contribution in [1.29, 1.82) is 0 Å². The van der Waals surface area contributed by atoms with E-state index in [1.165, 1.54) is 6.54 Å². The fraction of sp³-hybridized carbons (Fsp3) is 0.688. The lowest BCUT2D eigenvalue weighted by molar-refractivity contribution is 0.164. The van der Waals surface area contributed by atoms with Crippen LogP contribution in [0.4, 0.5) is 0 Å². The second-order valence-electron chi connectivity index (χ2n) is 5.98. The number of hydrogen-bond acceptors (Lipinski definition) is 3. The van der Waals surface area contributed by atoms with Crippen LogP contribution in [0.5, 0.6) is 0 Å². The molecule has 0 bridgehead atoms. The van der Waals surface area contributed by atoms with E-state index in [9.17, 15) is 0 Å². The highest BCUT2D eigenvalue weighted by molar-refractivity contribution is 5.80. The highest BCUT2D eigenvalue weighted by Gasteiger charge is 2.19. The fourth-order valence-electron chi connectivity index (χ4n) is 2.74. The molecule has 5 nitrogen and oxygen atoms in total. The molecule has 0 atom stereocenters. The molecule has 0 aromatic carbocycles. The Balaban J connectivity index is 1.72. The first-order valence-electron chi connectivity index (χ1n) is 7.89. The zero-order chi connectivity index (χ0) is 15.1. The van der Waals surface area contributed by atoms with E-state index in [2.05, 4.69) is 34.0 Å². The van der Waals surface area contributed by atoms with Gasteiger partial charge in [0.1, 0.15) is 5.76 Å². The Morgan fingerprint density at radius 2 is 2.10 bits per heavy atom. The first-order valence-corrected chi connectivity index (χ1v) is 7.89. The van der Waals surface area contributed by atoms with Gasteiger partial charge >= 0.3 is 0 Å². The SMILES string of the molecule is CN=C(NCCc1ccco1)N1CCN(CC(C)C)CC1. The smallest absolute Gasteiger partial charge is 0.193 e. The summed E-state index contributed by atoms with van der Waals surface area (Å²) in [6.07, 6.45) is 2.61. The molecule has 1 aromatic heterocycles.